The highest BCUT2D eigenvalue weighted by atomic mass is 32.2. The van der Waals surface area contributed by atoms with Crippen molar-refractivity contribution in [2.75, 3.05) is 6.26 Å². The Labute approximate surface area is 89.0 Å². The highest BCUT2D eigenvalue weighted by Gasteiger charge is 2.20. The molecular formula is C10H14FNO2S. The lowest BCUT2D eigenvalue weighted by atomic mass is 9.95. The van der Waals surface area contributed by atoms with Crippen LogP contribution in [0.15, 0.2) is 23.1 Å². The van der Waals surface area contributed by atoms with Crippen LogP contribution in [0.4, 0.5) is 4.39 Å². The summed E-state index contributed by atoms with van der Waals surface area (Å²) in [6, 6.07) is 3.77. The van der Waals surface area contributed by atoms with Gasteiger partial charge in [-0.05, 0) is 26.0 Å². The minimum absolute atomic E-state index is 0.0343. The molecule has 0 saturated heterocycles. The van der Waals surface area contributed by atoms with Crippen molar-refractivity contribution in [2.45, 2.75) is 24.3 Å². The van der Waals surface area contributed by atoms with Crippen molar-refractivity contribution >= 4 is 9.84 Å². The van der Waals surface area contributed by atoms with E-state index in [1.165, 1.54) is 12.1 Å². The van der Waals surface area contributed by atoms with Gasteiger partial charge in [0.05, 0.1) is 4.90 Å². The normalized spacial score (nSPS) is 12.9. The first-order chi connectivity index (χ1) is 6.62. The Balaban J connectivity index is 3.34. The Kier molecular flexibility index (Phi) is 2.89. The first-order valence-corrected chi connectivity index (χ1v) is 6.30. The SMILES string of the molecule is CC(C)(N)c1ccc(S(C)(=O)=O)cc1F. The molecule has 0 amide bonds. The van der Waals surface area contributed by atoms with Crippen LogP contribution in [0.2, 0.25) is 0 Å². The van der Waals surface area contributed by atoms with Crippen LogP contribution in [0.1, 0.15) is 19.4 Å². The van der Waals surface area contributed by atoms with Gasteiger partial charge in [0.1, 0.15) is 5.82 Å². The third kappa shape index (κ3) is 2.76. The fourth-order valence-corrected chi connectivity index (χ4v) is 1.88. The summed E-state index contributed by atoms with van der Waals surface area (Å²) in [5.74, 6) is -0.592. The van der Waals surface area contributed by atoms with Crippen LogP contribution in [0.3, 0.4) is 0 Å². The Morgan fingerprint density at radius 2 is 1.87 bits per heavy atom. The first-order valence-electron chi connectivity index (χ1n) is 4.41. The number of halogens is 1. The fraction of sp³-hybridized carbons (Fsp3) is 0.400. The standard InChI is InChI=1S/C10H14FNO2S/c1-10(2,12)8-5-4-7(6-9(8)11)15(3,13)14/h4-6H,12H2,1-3H3. The minimum Gasteiger partial charge on any atom is -0.322 e. The van der Waals surface area contributed by atoms with Gasteiger partial charge in [-0.2, -0.15) is 0 Å². The number of benzene rings is 1. The highest BCUT2D eigenvalue weighted by molar-refractivity contribution is 7.90. The average Bonchev–Trinajstić information content (AvgIpc) is 1.99. The summed E-state index contributed by atoms with van der Waals surface area (Å²) in [7, 11) is -3.37. The lowest BCUT2D eigenvalue weighted by Gasteiger charge is -2.20. The van der Waals surface area contributed by atoms with E-state index in [0.717, 1.165) is 12.3 Å². The monoisotopic (exact) mass is 231 g/mol. The van der Waals surface area contributed by atoms with Gasteiger partial charge in [0.25, 0.3) is 0 Å². The zero-order chi connectivity index (χ0) is 11.9. The highest BCUT2D eigenvalue weighted by Crippen LogP contribution is 2.22. The van der Waals surface area contributed by atoms with E-state index >= 15 is 0 Å². The van der Waals surface area contributed by atoms with Gasteiger partial charge in [-0.15, -0.1) is 0 Å². The van der Waals surface area contributed by atoms with E-state index in [4.69, 9.17) is 5.73 Å². The third-order valence-electron chi connectivity index (χ3n) is 2.06. The summed E-state index contributed by atoms with van der Waals surface area (Å²) < 4.78 is 35.8. The van der Waals surface area contributed by atoms with Crippen molar-refractivity contribution < 1.29 is 12.8 Å². The molecule has 3 nitrogen and oxygen atoms in total. The van der Waals surface area contributed by atoms with Gasteiger partial charge in [-0.25, -0.2) is 12.8 Å². The van der Waals surface area contributed by atoms with Crippen molar-refractivity contribution in [2.24, 2.45) is 5.73 Å². The molecule has 0 spiro atoms. The molecule has 0 aliphatic rings. The van der Waals surface area contributed by atoms with E-state index in [0.29, 0.717) is 5.56 Å². The maximum atomic E-state index is 13.5. The van der Waals surface area contributed by atoms with E-state index in [-0.39, 0.29) is 4.90 Å². The van der Waals surface area contributed by atoms with E-state index < -0.39 is 21.2 Å². The predicted octanol–water partition coefficient (Wildman–Crippen LogP) is 1.42. The molecule has 0 unspecified atom stereocenters. The van der Waals surface area contributed by atoms with Crippen LogP contribution < -0.4 is 5.73 Å². The molecule has 0 aliphatic carbocycles. The molecule has 2 N–H and O–H groups in total. The molecule has 84 valence electrons. The number of nitrogens with two attached hydrogens (primary N) is 1. The summed E-state index contributed by atoms with van der Waals surface area (Å²) in [5.41, 5.74) is 5.21. The Morgan fingerprint density at radius 3 is 2.20 bits per heavy atom. The summed E-state index contributed by atoms with van der Waals surface area (Å²) in [6.07, 6.45) is 1.04. The van der Waals surface area contributed by atoms with E-state index in [2.05, 4.69) is 0 Å². The second kappa shape index (κ2) is 3.57. The van der Waals surface area contributed by atoms with Gasteiger partial charge in [0.2, 0.25) is 0 Å². The van der Waals surface area contributed by atoms with Crippen LogP contribution in [0.25, 0.3) is 0 Å². The molecule has 1 aromatic carbocycles. The molecule has 1 aromatic rings. The lowest BCUT2D eigenvalue weighted by Crippen LogP contribution is -2.29. The average molecular weight is 231 g/mol. The van der Waals surface area contributed by atoms with Crippen molar-refractivity contribution in [1.82, 2.24) is 0 Å². The second-order valence-corrected chi connectivity index (χ2v) is 6.15. The third-order valence-corrected chi connectivity index (χ3v) is 3.17. The number of hydrogen-bond acceptors (Lipinski definition) is 3. The molecule has 0 atom stereocenters. The number of hydrogen-bond donors (Lipinski definition) is 1. The first kappa shape index (κ1) is 12.1. The molecule has 0 aliphatic heterocycles. The maximum absolute atomic E-state index is 13.5. The Morgan fingerprint density at radius 1 is 1.33 bits per heavy atom. The predicted molar refractivity (Wildman–Crippen MR) is 56.7 cm³/mol. The topological polar surface area (TPSA) is 60.2 Å². The fourth-order valence-electron chi connectivity index (χ4n) is 1.25. The van der Waals surface area contributed by atoms with Crippen molar-refractivity contribution in [1.29, 1.82) is 0 Å². The molecule has 0 fully saturated rings. The van der Waals surface area contributed by atoms with E-state index in [9.17, 15) is 12.8 Å². The van der Waals surface area contributed by atoms with Gasteiger partial charge in [0.15, 0.2) is 9.84 Å². The zero-order valence-corrected chi connectivity index (χ0v) is 9.73. The van der Waals surface area contributed by atoms with Crippen LogP contribution in [-0.4, -0.2) is 14.7 Å². The number of sulfone groups is 1. The van der Waals surface area contributed by atoms with Crippen molar-refractivity contribution in [3.8, 4) is 0 Å². The van der Waals surface area contributed by atoms with E-state index in [1.807, 2.05) is 0 Å². The molecule has 5 heteroatoms. The van der Waals surface area contributed by atoms with Gasteiger partial charge < -0.3 is 5.73 Å². The molecule has 0 saturated carbocycles. The molecule has 15 heavy (non-hydrogen) atoms. The summed E-state index contributed by atoms with van der Waals surface area (Å²) in [6.45, 7) is 3.32. The summed E-state index contributed by atoms with van der Waals surface area (Å²) in [5, 5.41) is 0. The van der Waals surface area contributed by atoms with Gasteiger partial charge in [0, 0.05) is 17.4 Å². The second-order valence-electron chi connectivity index (χ2n) is 4.14. The molecular weight excluding hydrogens is 217 g/mol. The van der Waals surface area contributed by atoms with Gasteiger partial charge >= 0.3 is 0 Å². The maximum Gasteiger partial charge on any atom is 0.175 e. The van der Waals surface area contributed by atoms with Gasteiger partial charge in [-0.1, -0.05) is 6.07 Å². The minimum atomic E-state index is -3.37. The van der Waals surface area contributed by atoms with Crippen LogP contribution in [0.5, 0.6) is 0 Å². The van der Waals surface area contributed by atoms with E-state index in [1.54, 1.807) is 13.8 Å². The quantitative estimate of drug-likeness (QED) is 0.837. The van der Waals surface area contributed by atoms with Gasteiger partial charge in [-0.3, -0.25) is 0 Å². The molecule has 0 heterocycles. The smallest absolute Gasteiger partial charge is 0.175 e. The Hall–Kier alpha value is -0.940. The van der Waals surface area contributed by atoms with Crippen LogP contribution >= 0.6 is 0 Å². The number of rotatable bonds is 2. The Bertz CT molecular complexity index is 475. The molecule has 1 rings (SSSR count). The van der Waals surface area contributed by atoms with Crippen LogP contribution in [-0.2, 0) is 15.4 Å². The molecule has 0 bridgehead atoms. The van der Waals surface area contributed by atoms with Crippen molar-refractivity contribution in [3.05, 3.63) is 29.6 Å². The lowest BCUT2D eigenvalue weighted by molar-refractivity contribution is 0.499. The molecule has 0 aromatic heterocycles. The largest absolute Gasteiger partial charge is 0.322 e. The zero-order valence-electron chi connectivity index (χ0n) is 8.91. The van der Waals surface area contributed by atoms with Crippen LogP contribution in [0, 0.1) is 5.82 Å². The summed E-state index contributed by atoms with van der Waals surface area (Å²) >= 11 is 0. The van der Waals surface area contributed by atoms with Crippen molar-refractivity contribution in [3.63, 3.8) is 0 Å². The summed E-state index contributed by atoms with van der Waals surface area (Å²) in [4.78, 5) is -0.0343. The molecule has 0 radical (unpaired) electrons.